The van der Waals surface area contributed by atoms with Gasteiger partial charge in [-0.15, -0.1) is 0 Å². The van der Waals surface area contributed by atoms with Gasteiger partial charge in [-0.1, -0.05) is 6.92 Å². The van der Waals surface area contributed by atoms with Gasteiger partial charge in [-0.3, -0.25) is 0 Å². The molecule has 0 bridgehead atoms. The summed E-state index contributed by atoms with van der Waals surface area (Å²) in [5.41, 5.74) is 1.02. The molecule has 1 heterocycles. The molecule has 0 radical (unpaired) electrons. The van der Waals surface area contributed by atoms with E-state index in [1.165, 1.54) is 0 Å². The Hall–Kier alpha value is -2.30. The molecule has 0 atom stereocenters. The number of hydrogen-bond donors (Lipinski definition) is 0. The highest BCUT2D eigenvalue weighted by molar-refractivity contribution is 6.07. The summed E-state index contributed by atoms with van der Waals surface area (Å²) in [4.78, 5) is 15.7. The second-order valence-corrected chi connectivity index (χ2v) is 3.89. The summed E-state index contributed by atoms with van der Waals surface area (Å²) in [5.74, 6) is 1.30. The van der Waals surface area contributed by atoms with E-state index in [1.807, 2.05) is 6.92 Å². The molecular formula is C14H15NO4. The van der Waals surface area contributed by atoms with Gasteiger partial charge in [0, 0.05) is 18.1 Å². The van der Waals surface area contributed by atoms with E-state index in [9.17, 15) is 4.79 Å². The van der Waals surface area contributed by atoms with E-state index in [-0.39, 0.29) is 5.70 Å². The maximum Gasteiger partial charge on any atom is 0.363 e. The Labute approximate surface area is 111 Å². The topological polar surface area (TPSA) is 57.1 Å². The van der Waals surface area contributed by atoms with Crippen molar-refractivity contribution < 1.29 is 19.0 Å². The van der Waals surface area contributed by atoms with Crippen LogP contribution in [0.15, 0.2) is 28.9 Å². The predicted octanol–water partition coefficient (Wildman–Crippen LogP) is 2.41. The molecule has 5 heteroatoms. The minimum absolute atomic E-state index is 0.278. The van der Waals surface area contributed by atoms with Crippen LogP contribution in [0.2, 0.25) is 0 Å². The van der Waals surface area contributed by atoms with Crippen molar-refractivity contribution in [2.75, 3.05) is 14.2 Å². The van der Waals surface area contributed by atoms with Crippen molar-refractivity contribution in [2.45, 2.75) is 13.3 Å². The second kappa shape index (κ2) is 5.56. The fraction of sp³-hybridized carbons (Fsp3) is 0.286. The van der Waals surface area contributed by atoms with E-state index in [1.54, 1.807) is 38.5 Å². The number of carbonyl (C=O) groups is 1. The minimum atomic E-state index is -0.435. The lowest BCUT2D eigenvalue weighted by molar-refractivity contribution is -0.130. The minimum Gasteiger partial charge on any atom is -0.497 e. The summed E-state index contributed by atoms with van der Waals surface area (Å²) >= 11 is 0. The molecule has 0 aromatic heterocycles. The van der Waals surface area contributed by atoms with Gasteiger partial charge in [-0.05, 0) is 18.2 Å². The van der Waals surface area contributed by atoms with Crippen LogP contribution in [0.5, 0.6) is 11.5 Å². The Balaban J connectivity index is 2.37. The van der Waals surface area contributed by atoms with Gasteiger partial charge >= 0.3 is 5.97 Å². The molecule has 1 aliphatic rings. The summed E-state index contributed by atoms with van der Waals surface area (Å²) in [5, 5.41) is 0. The fourth-order valence-electron chi connectivity index (χ4n) is 1.69. The Kier molecular flexibility index (Phi) is 3.85. The lowest BCUT2D eigenvalue weighted by atomic mass is 10.1. The summed E-state index contributed by atoms with van der Waals surface area (Å²) in [6.07, 6.45) is 2.23. The van der Waals surface area contributed by atoms with Crippen molar-refractivity contribution in [3.63, 3.8) is 0 Å². The zero-order valence-electron chi connectivity index (χ0n) is 11.1. The van der Waals surface area contributed by atoms with Crippen LogP contribution in [0.25, 0.3) is 6.08 Å². The number of aliphatic imine (C=N–C) groups is 1. The molecular weight excluding hydrogens is 246 g/mol. The monoisotopic (exact) mass is 261 g/mol. The Bertz CT molecular complexity index is 561. The highest BCUT2D eigenvalue weighted by Crippen LogP contribution is 2.27. The number of rotatable bonds is 4. The molecule has 0 spiro atoms. The van der Waals surface area contributed by atoms with Gasteiger partial charge in [0.15, 0.2) is 11.6 Å². The molecule has 0 amide bonds. The van der Waals surface area contributed by atoms with Crippen LogP contribution in [-0.2, 0) is 9.53 Å². The Morgan fingerprint density at radius 1 is 1.32 bits per heavy atom. The van der Waals surface area contributed by atoms with Crippen LogP contribution >= 0.6 is 0 Å². The van der Waals surface area contributed by atoms with Crippen molar-refractivity contribution >= 4 is 17.9 Å². The van der Waals surface area contributed by atoms with E-state index < -0.39 is 5.97 Å². The molecule has 2 rings (SSSR count). The fourth-order valence-corrected chi connectivity index (χ4v) is 1.69. The summed E-state index contributed by atoms with van der Waals surface area (Å²) < 4.78 is 15.4. The normalized spacial score (nSPS) is 16.3. The first-order chi connectivity index (χ1) is 9.17. The highest BCUT2D eigenvalue weighted by Gasteiger charge is 2.21. The third-order valence-corrected chi connectivity index (χ3v) is 2.70. The molecule has 0 unspecified atom stereocenters. The Morgan fingerprint density at radius 2 is 2.11 bits per heavy atom. The second-order valence-electron chi connectivity index (χ2n) is 3.89. The molecule has 0 saturated carbocycles. The SMILES string of the molecule is CCC1=N/C(=C/c2ccc(OC)cc2OC)C(=O)O1. The number of hydrogen-bond acceptors (Lipinski definition) is 5. The molecule has 0 N–H and O–H groups in total. The zero-order chi connectivity index (χ0) is 13.8. The van der Waals surface area contributed by atoms with Gasteiger partial charge in [-0.25, -0.2) is 9.79 Å². The van der Waals surface area contributed by atoms with Crippen LogP contribution in [0, 0.1) is 0 Å². The Morgan fingerprint density at radius 3 is 2.68 bits per heavy atom. The molecule has 100 valence electrons. The van der Waals surface area contributed by atoms with Crippen molar-refractivity contribution in [1.29, 1.82) is 0 Å². The molecule has 19 heavy (non-hydrogen) atoms. The lowest BCUT2D eigenvalue weighted by Gasteiger charge is -2.07. The van der Waals surface area contributed by atoms with Crippen molar-refractivity contribution in [3.8, 4) is 11.5 Å². The van der Waals surface area contributed by atoms with Gasteiger partial charge in [0.25, 0.3) is 0 Å². The lowest BCUT2D eigenvalue weighted by Crippen LogP contribution is -2.02. The first kappa shape index (κ1) is 13.1. The summed E-state index contributed by atoms with van der Waals surface area (Å²) in [6, 6.07) is 5.34. The average Bonchev–Trinajstić information content (AvgIpc) is 2.80. The molecule has 0 saturated heterocycles. The average molecular weight is 261 g/mol. The van der Waals surface area contributed by atoms with Crippen LogP contribution in [0.1, 0.15) is 18.9 Å². The van der Waals surface area contributed by atoms with Gasteiger partial charge in [0.1, 0.15) is 11.5 Å². The molecule has 0 aliphatic carbocycles. The molecule has 1 aromatic carbocycles. The maximum absolute atomic E-state index is 11.6. The third-order valence-electron chi connectivity index (χ3n) is 2.70. The molecule has 1 aromatic rings. The van der Waals surface area contributed by atoms with Crippen molar-refractivity contribution in [3.05, 3.63) is 29.5 Å². The van der Waals surface area contributed by atoms with E-state index in [2.05, 4.69) is 4.99 Å². The number of cyclic esters (lactones) is 1. The van der Waals surface area contributed by atoms with Gasteiger partial charge in [0.05, 0.1) is 14.2 Å². The van der Waals surface area contributed by atoms with Crippen LogP contribution < -0.4 is 9.47 Å². The number of ether oxygens (including phenoxy) is 3. The number of benzene rings is 1. The van der Waals surface area contributed by atoms with Crippen LogP contribution in [0.3, 0.4) is 0 Å². The zero-order valence-corrected chi connectivity index (χ0v) is 11.1. The standard InChI is InChI=1S/C14H15NO4/c1-4-13-15-11(14(16)19-13)7-9-5-6-10(17-2)8-12(9)18-3/h5-8H,4H2,1-3H3/b11-7+. The van der Waals surface area contributed by atoms with E-state index in [4.69, 9.17) is 14.2 Å². The largest absolute Gasteiger partial charge is 0.497 e. The number of methoxy groups -OCH3 is 2. The molecule has 1 aliphatic heterocycles. The smallest absolute Gasteiger partial charge is 0.363 e. The highest BCUT2D eigenvalue weighted by atomic mass is 16.6. The number of carbonyl (C=O) groups excluding carboxylic acids is 1. The number of nitrogens with zero attached hydrogens (tertiary/aromatic N) is 1. The van der Waals surface area contributed by atoms with Gasteiger partial charge in [-0.2, -0.15) is 0 Å². The van der Waals surface area contributed by atoms with Crippen LogP contribution in [0.4, 0.5) is 0 Å². The van der Waals surface area contributed by atoms with Crippen molar-refractivity contribution in [1.82, 2.24) is 0 Å². The van der Waals surface area contributed by atoms with Gasteiger partial charge in [0.2, 0.25) is 0 Å². The van der Waals surface area contributed by atoms with Crippen LogP contribution in [-0.4, -0.2) is 26.1 Å². The first-order valence-corrected chi connectivity index (χ1v) is 5.91. The quantitative estimate of drug-likeness (QED) is 0.617. The van der Waals surface area contributed by atoms with Gasteiger partial charge < -0.3 is 14.2 Å². The van der Waals surface area contributed by atoms with E-state index in [0.717, 1.165) is 5.56 Å². The van der Waals surface area contributed by atoms with Crippen molar-refractivity contribution in [2.24, 2.45) is 4.99 Å². The third kappa shape index (κ3) is 2.76. The number of esters is 1. The summed E-state index contributed by atoms with van der Waals surface area (Å²) in [6.45, 7) is 1.88. The summed E-state index contributed by atoms with van der Waals surface area (Å²) in [7, 11) is 3.14. The molecule has 0 fully saturated rings. The van der Waals surface area contributed by atoms with E-state index in [0.29, 0.717) is 23.8 Å². The maximum atomic E-state index is 11.6. The predicted molar refractivity (Wildman–Crippen MR) is 71.3 cm³/mol. The van der Waals surface area contributed by atoms with E-state index >= 15 is 0 Å². The first-order valence-electron chi connectivity index (χ1n) is 5.91. The molecule has 5 nitrogen and oxygen atoms in total.